The Morgan fingerprint density at radius 1 is 1.22 bits per heavy atom. The van der Waals surface area contributed by atoms with Crippen molar-refractivity contribution in [3.8, 4) is 0 Å². The molecule has 4 nitrogen and oxygen atoms in total. The summed E-state index contributed by atoms with van der Waals surface area (Å²) >= 11 is 6.04. The molecule has 5 heteroatoms. The lowest BCUT2D eigenvalue weighted by Gasteiger charge is -2.36. The van der Waals surface area contributed by atoms with Crippen molar-refractivity contribution in [2.75, 3.05) is 31.1 Å². The van der Waals surface area contributed by atoms with E-state index in [0.717, 1.165) is 29.4 Å². The summed E-state index contributed by atoms with van der Waals surface area (Å²) in [6.07, 6.45) is 1.83. The average molecular weight is 336 g/mol. The maximum absolute atomic E-state index is 12.3. The molecule has 1 aliphatic heterocycles. The van der Waals surface area contributed by atoms with Crippen molar-refractivity contribution in [1.82, 2.24) is 10.2 Å². The molecule has 0 aromatic heterocycles. The number of benzene rings is 1. The van der Waals surface area contributed by atoms with Crippen molar-refractivity contribution in [2.24, 2.45) is 5.41 Å². The predicted octanol–water partition coefficient (Wildman–Crippen LogP) is 4.12. The average Bonchev–Trinajstić information content (AvgIpc) is 2.51. The van der Waals surface area contributed by atoms with Crippen LogP contribution in [-0.2, 0) is 0 Å². The molecule has 1 aromatic carbocycles. The van der Waals surface area contributed by atoms with E-state index in [1.165, 1.54) is 0 Å². The van der Waals surface area contributed by atoms with Crippen LogP contribution >= 0.6 is 11.6 Å². The molecule has 126 valence electrons. The third-order valence-electron chi connectivity index (χ3n) is 4.34. The summed E-state index contributed by atoms with van der Waals surface area (Å²) in [5.41, 5.74) is 2.34. The van der Waals surface area contributed by atoms with Crippen LogP contribution in [0.2, 0.25) is 5.02 Å². The van der Waals surface area contributed by atoms with Gasteiger partial charge in [-0.3, -0.25) is 0 Å². The van der Waals surface area contributed by atoms with E-state index in [0.29, 0.717) is 13.1 Å². The lowest BCUT2D eigenvalue weighted by atomic mass is 9.88. The molecule has 1 aromatic rings. The quantitative estimate of drug-likeness (QED) is 0.882. The van der Waals surface area contributed by atoms with Gasteiger partial charge < -0.3 is 15.1 Å². The second-order valence-corrected chi connectivity index (χ2v) is 7.42. The van der Waals surface area contributed by atoms with E-state index in [1.807, 2.05) is 36.2 Å². The Balaban J connectivity index is 1.88. The lowest BCUT2D eigenvalue weighted by Crippen LogP contribution is -2.51. The topological polar surface area (TPSA) is 35.6 Å². The number of halogens is 1. The number of piperazine rings is 1. The smallest absolute Gasteiger partial charge is 0.321 e. The largest absolute Gasteiger partial charge is 0.368 e. The molecule has 2 rings (SSSR count). The highest BCUT2D eigenvalue weighted by Crippen LogP contribution is 2.23. The molecule has 0 unspecified atom stereocenters. The summed E-state index contributed by atoms with van der Waals surface area (Å²) in [6, 6.07) is 7.82. The van der Waals surface area contributed by atoms with Gasteiger partial charge in [0.15, 0.2) is 0 Å². The number of nitrogens with one attached hydrogen (secondary N) is 1. The number of nitrogens with zero attached hydrogens (tertiary/aromatic N) is 2. The monoisotopic (exact) mass is 335 g/mol. The summed E-state index contributed by atoms with van der Waals surface area (Å²) < 4.78 is 0. The predicted molar refractivity (Wildman–Crippen MR) is 97.0 cm³/mol. The molecule has 0 radical (unpaired) electrons. The van der Waals surface area contributed by atoms with Gasteiger partial charge in [-0.05, 0) is 30.5 Å². The number of carbonyl (C=O) groups excluding carboxylic acids is 1. The van der Waals surface area contributed by atoms with Crippen LogP contribution in [0, 0.1) is 5.41 Å². The van der Waals surface area contributed by atoms with E-state index in [2.05, 4.69) is 37.1 Å². The first kappa shape index (κ1) is 17.7. The van der Waals surface area contributed by atoms with Gasteiger partial charge in [0.25, 0.3) is 0 Å². The highest BCUT2D eigenvalue weighted by molar-refractivity contribution is 6.30. The van der Waals surface area contributed by atoms with Crippen molar-refractivity contribution >= 4 is 23.3 Å². The maximum Gasteiger partial charge on any atom is 0.321 e. The zero-order valence-electron chi connectivity index (χ0n) is 14.4. The highest BCUT2D eigenvalue weighted by Gasteiger charge is 2.21. The Kier molecular flexibility index (Phi) is 5.58. The summed E-state index contributed by atoms with van der Waals surface area (Å²) in [4.78, 5) is 16.4. The van der Waals surface area contributed by atoms with Gasteiger partial charge in [-0.2, -0.15) is 0 Å². The Labute approximate surface area is 144 Å². The number of hydrogen-bond donors (Lipinski definition) is 1. The van der Waals surface area contributed by atoms with Crippen LogP contribution < -0.4 is 10.2 Å². The van der Waals surface area contributed by atoms with Gasteiger partial charge in [-0.25, -0.2) is 4.79 Å². The Hall–Kier alpha value is -1.68. The zero-order valence-corrected chi connectivity index (χ0v) is 15.2. The highest BCUT2D eigenvalue weighted by atomic mass is 35.5. The lowest BCUT2D eigenvalue weighted by molar-refractivity contribution is 0.198. The number of amides is 2. The van der Waals surface area contributed by atoms with Gasteiger partial charge in [0.1, 0.15) is 0 Å². The molecule has 0 atom stereocenters. The van der Waals surface area contributed by atoms with Gasteiger partial charge in [0.2, 0.25) is 0 Å². The van der Waals surface area contributed by atoms with Crippen LogP contribution in [0.4, 0.5) is 10.5 Å². The fourth-order valence-electron chi connectivity index (χ4n) is 2.32. The summed E-state index contributed by atoms with van der Waals surface area (Å²) in [5, 5.41) is 3.65. The fraction of sp³-hybridized carbons (Fsp3) is 0.500. The van der Waals surface area contributed by atoms with Crippen LogP contribution in [0.5, 0.6) is 0 Å². The molecule has 0 spiro atoms. The molecule has 1 N–H and O–H groups in total. The first-order valence-electron chi connectivity index (χ1n) is 8.00. The minimum absolute atomic E-state index is 0.0284. The van der Waals surface area contributed by atoms with Crippen molar-refractivity contribution < 1.29 is 4.79 Å². The molecule has 1 heterocycles. The molecular formula is C18H26ClN3O. The minimum Gasteiger partial charge on any atom is -0.368 e. The van der Waals surface area contributed by atoms with Crippen LogP contribution in [0.15, 0.2) is 36.0 Å². The van der Waals surface area contributed by atoms with Gasteiger partial charge in [-0.1, -0.05) is 44.0 Å². The van der Waals surface area contributed by atoms with Gasteiger partial charge in [0, 0.05) is 43.1 Å². The maximum atomic E-state index is 12.3. The van der Waals surface area contributed by atoms with Gasteiger partial charge in [-0.15, -0.1) is 0 Å². The summed E-state index contributed by atoms with van der Waals surface area (Å²) in [5.74, 6) is 0. The number of rotatable bonds is 2. The molecule has 2 amide bonds. The van der Waals surface area contributed by atoms with Crippen LogP contribution in [0.25, 0.3) is 0 Å². The number of hydrogen-bond acceptors (Lipinski definition) is 2. The third kappa shape index (κ3) is 4.90. The van der Waals surface area contributed by atoms with Gasteiger partial charge in [0.05, 0.1) is 0 Å². The normalized spacial score (nSPS) is 16.5. The first-order chi connectivity index (χ1) is 10.8. The van der Waals surface area contributed by atoms with E-state index < -0.39 is 0 Å². The molecule has 0 bridgehead atoms. The molecule has 0 saturated carbocycles. The van der Waals surface area contributed by atoms with E-state index in [-0.39, 0.29) is 11.4 Å². The van der Waals surface area contributed by atoms with E-state index >= 15 is 0 Å². The Morgan fingerprint density at radius 3 is 2.43 bits per heavy atom. The number of urea groups is 1. The second kappa shape index (κ2) is 7.26. The Bertz CT molecular complexity index is 584. The SMILES string of the molecule is C/C(=C\NC(=O)N1CCN(c2cccc(Cl)c2)CC1)C(C)(C)C. The second-order valence-electron chi connectivity index (χ2n) is 6.98. The van der Waals surface area contributed by atoms with Crippen molar-refractivity contribution in [3.63, 3.8) is 0 Å². The molecule has 1 saturated heterocycles. The first-order valence-corrected chi connectivity index (χ1v) is 8.38. The molecule has 1 fully saturated rings. The van der Waals surface area contributed by atoms with Crippen molar-refractivity contribution in [3.05, 3.63) is 41.1 Å². The number of allylic oxidation sites excluding steroid dienone is 1. The van der Waals surface area contributed by atoms with Gasteiger partial charge >= 0.3 is 6.03 Å². The molecule has 0 aliphatic carbocycles. The van der Waals surface area contributed by atoms with Crippen LogP contribution in [-0.4, -0.2) is 37.1 Å². The standard InChI is InChI=1S/C18H26ClN3O/c1-14(18(2,3)4)13-20-17(23)22-10-8-21(9-11-22)16-7-5-6-15(19)12-16/h5-7,12-13H,8-11H2,1-4H3,(H,20,23)/b14-13+. The van der Waals surface area contributed by atoms with Crippen LogP contribution in [0.1, 0.15) is 27.7 Å². The molecule has 23 heavy (non-hydrogen) atoms. The Morgan fingerprint density at radius 2 is 1.87 bits per heavy atom. The molecular weight excluding hydrogens is 310 g/mol. The van der Waals surface area contributed by atoms with E-state index in [9.17, 15) is 4.79 Å². The summed E-state index contributed by atoms with van der Waals surface area (Å²) in [6.45, 7) is 11.5. The van der Waals surface area contributed by atoms with E-state index in [1.54, 1.807) is 0 Å². The fourth-order valence-corrected chi connectivity index (χ4v) is 2.50. The molecule has 1 aliphatic rings. The minimum atomic E-state index is -0.0284. The van der Waals surface area contributed by atoms with E-state index in [4.69, 9.17) is 11.6 Å². The summed E-state index contributed by atoms with van der Waals surface area (Å²) in [7, 11) is 0. The van der Waals surface area contributed by atoms with Crippen molar-refractivity contribution in [1.29, 1.82) is 0 Å². The number of carbonyl (C=O) groups is 1. The zero-order chi connectivity index (χ0) is 17.0. The third-order valence-corrected chi connectivity index (χ3v) is 4.57. The number of anilines is 1. The van der Waals surface area contributed by atoms with Crippen molar-refractivity contribution in [2.45, 2.75) is 27.7 Å². The van der Waals surface area contributed by atoms with Crippen LogP contribution in [0.3, 0.4) is 0 Å².